The molecule has 2 aromatic rings. The average molecular weight is 332 g/mol. The molecule has 0 bridgehead atoms. The van der Waals surface area contributed by atoms with E-state index in [-0.39, 0.29) is 12.0 Å². The minimum absolute atomic E-state index is 0.144. The van der Waals surface area contributed by atoms with E-state index in [2.05, 4.69) is 24.3 Å². The van der Waals surface area contributed by atoms with Crippen molar-refractivity contribution >= 4 is 5.97 Å². The summed E-state index contributed by atoms with van der Waals surface area (Å²) in [6.07, 6.45) is 2.08. The van der Waals surface area contributed by atoms with E-state index < -0.39 is 0 Å². The Kier molecular flexibility index (Phi) is 4.71. The van der Waals surface area contributed by atoms with Crippen LogP contribution in [0.1, 0.15) is 72.2 Å². The highest BCUT2D eigenvalue weighted by Crippen LogP contribution is 2.25. The van der Waals surface area contributed by atoms with Crippen LogP contribution in [0.3, 0.4) is 0 Å². The number of methoxy groups -OCH3 is 1. The van der Waals surface area contributed by atoms with Gasteiger partial charge >= 0.3 is 5.97 Å². The molecule has 0 saturated heterocycles. The summed E-state index contributed by atoms with van der Waals surface area (Å²) in [5.41, 5.74) is 0.475. The molecule has 24 heavy (non-hydrogen) atoms. The second-order valence-corrected chi connectivity index (χ2v) is 6.46. The van der Waals surface area contributed by atoms with Gasteiger partial charge in [-0.1, -0.05) is 13.8 Å². The molecule has 0 saturated carbocycles. The van der Waals surface area contributed by atoms with Gasteiger partial charge in [-0.15, -0.1) is 0 Å². The van der Waals surface area contributed by atoms with E-state index in [4.69, 9.17) is 14.1 Å². The van der Waals surface area contributed by atoms with Crippen molar-refractivity contribution in [3.8, 4) is 0 Å². The van der Waals surface area contributed by atoms with E-state index in [1.54, 1.807) is 13.0 Å². The van der Waals surface area contributed by atoms with Gasteiger partial charge in [-0.05, 0) is 25.8 Å². The van der Waals surface area contributed by atoms with Gasteiger partial charge in [-0.25, -0.2) is 14.5 Å². The summed E-state index contributed by atoms with van der Waals surface area (Å²) < 4.78 is 12.4. The first-order chi connectivity index (χ1) is 11.5. The number of nitrogens with zero attached hydrogens (tertiary/aromatic N) is 3. The molecule has 1 aliphatic rings. The smallest absolute Gasteiger partial charge is 0.341 e. The number of carbonyl (C=O) groups is 1. The third-order valence-electron chi connectivity index (χ3n) is 4.30. The second kappa shape index (κ2) is 6.76. The molecule has 7 nitrogen and oxygen atoms in total. The molecule has 1 atom stereocenters. The molecular weight excluding hydrogens is 308 g/mol. The zero-order chi connectivity index (χ0) is 17.3. The predicted molar refractivity (Wildman–Crippen MR) is 87.7 cm³/mol. The third kappa shape index (κ3) is 3.21. The van der Waals surface area contributed by atoms with Gasteiger partial charge < -0.3 is 14.5 Å². The van der Waals surface area contributed by atoms with Crippen LogP contribution in [0.2, 0.25) is 0 Å². The maximum Gasteiger partial charge on any atom is 0.341 e. The highest BCUT2D eigenvalue weighted by molar-refractivity contribution is 5.90. The van der Waals surface area contributed by atoms with Gasteiger partial charge in [0, 0.05) is 12.5 Å². The van der Waals surface area contributed by atoms with Crippen LogP contribution in [0.5, 0.6) is 0 Å². The van der Waals surface area contributed by atoms with Crippen LogP contribution in [0.25, 0.3) is 0 Å². The summed E-state index contributed by atoms with van der Waals surface area (Å²) in [5, 5.41) is 8.06. The second-order valence-electron chi connectivity index (χ2n) is 6.46. The van der Waals surface area contributed by atoms with Crippen LogP contribution >= 0.6 is 0 Å². The molecule has 3 heterocycles. The van der Waals surface area contributed by atoms with E-state index in [1.165, 1.54) is 7.11 Å². The molecule has 1 unspecified atom stereocenters. The lowest BCUT2D eigenvalue weighted by Gasteiger charge is -2.22. The van der Waals surface area contributed by atoms with Crippen LogP contribution in [0.15, 0.2) is 10.5 Å². The Morgan fingerprint density at radius 3 is 3.04 bits per heavy atom. The molecule has 7 heteroatoms. The molecule has 0 amide bonds. The predicted octanol–water partition coefficient (Wildman–Crippen LogP) is 2.71. The first-order valence-electron chi connectivity index (χ1n) is 8.35. The number of hydrogen-bond donors (Lipinski definition) is 1. The van der Waals surface area contributed by atoms with Crippen molar-refractivity contribution < 1.29 is 13.9 Å². The van der Waals surface area contributed by atoms with E-state index in [0.717, 1.165) is 31.0 Å². The van der Waals surface area contributed by atoms with Crippen LogP contribution < -0.4 is 5.32 Å². The van der Waals surface area contributed by atoms with Crippen LogP contribution in [-0.2, 0) is 17.8 Å². The Hall–Kier alpha value is -2.15. The Morgan fingerprint density at radius 1 is 1.54 bits per heavy atom. The molecule has 1 aliphatic heterocycles. The van der Waals surface area contributed by atoms with Crippen molar-refractivity contribution in [1.82, 2.24) is 20.1 Å². The highest BCUT2D eigenvalue weighted by Gasteiger charge is 2.25. The lowest BCUT2D eigenvalue weighted by molar-refractivity contribution is 0.0599. The van der Waals surface area contributed by atoms with Gasteiger partial charge in [-0.3, -0.25) is 0 Å². The number of rotatable bonds is 5. The topological polar surface area (TPSA) is 82.2 Å². The van der Waals surface area contributed by atoms with Crippen LogP contribution in [0, 0.1) is 6.92 Å². The van der Waals surface area contributed by atoms with E-state index in [0.29, 0.717) is 29.5 Å². The van der Waals surface area contributed by atoms with Crippen molar-refractivity contribution in [1.29, 1.82) is 0 Å². The highest BCUT2D eigenvalue weighted by atomic mass is 16.5. The lowest BCUT2D eigenvalue weighted by Crippen LogP contribution is -2.28. The summed E-state index contributed by atoms with van der Waals surface area (Å²) in [6, 6.07) is 1.88. The maximum absolute atomic E-state index is 11.7. The average Bonchev–Trinajstić information content (AvgIpc) is 3.16. The number of fused-ring (bicyclic) bond motifs is 1. The molecule has 0 aromatic carbocycles. The Bertz CT molecular complexity index is 732. The zero-order valence-electron chi connectivity index (χ0n) is 14.6. The van der Waals surface area contributed by atoms with Gasteiger partial charge in [0.25, 0.3) is 0 Å². The molecule has 0 fully saturated rings. The normalized spacial score (nSPS) is 17.1. The summed E-state index contributed by atoms with van der Waals surface area (Å²) in [4.78, 5) is 16.4. The fourth-order valence-electron chi connectivity index (χ4n) is 2.97. The quantitative estimate of drug-likeness (QED) is 0.848. The summed E-state index contributed by atoms with van der Waals surface area (Å²) >= 11 is 0. The minimum Gasteiger partial charge on any atom is -0.465 e. The van der Waals surface area contributed by atoms with Gasteiger partial charge in [0.2, 0.25) is 0 Å². The van der Waals surface area contributed by atoms with Crippen molar-refractivity contribution in [3.05, 3.63) is 34.8 Å². The zero-order valence-corrected chi connectivity index (χ0v) is 14.6. The van der Waals surface area contributed by atoms with E-state index in [1.807, 2.05) is 4.68 Å². The Morgan fingerprint density at radius 2 is 2.33 bits per heavy atom. The number of aryl methyl sites for hydroxylation is 2. The summed E-state index contributed by atoms with van der Waals surface area (Å²) in [6.45, 7) is 7.42. The first kappa shape index (κ1) is 16.7. The van der Waals surface area contributed by atoms with Gasteiger partial charge in [-0.2, -0.15) is 5.10 Å². The molecular formula is C17H24N4O3. The van der Waals surface area contributed by atoms with Crippen molar-refractivity contribution in [2.24, 2.45) is 0 Å². The monoisotopic (exact) mass is 332 g/mol. The largest absolute Gasteiger partial charge is 0.465 e. The minimum atomic E-state index is -0.374. The summed E-state index contributed by atoms with van der Waals surface area (Å²) in [7, 11) is 1.37. The molecule has 0 radical (unpaired) electrons. The number of furan rings is 1. The number of nitrogens with one attached hydrogen (secondary N) is 1. The SMILES string of the molecule is COC(=O)c1cc(CNC2CCCn3nc(C(C)C)nc32)oc1C. The third-order valence-corrected chi connectivity index (χ3v) is 4.30. The number of aromatic nitrogens is 3. The van der Waals surface area contributed by atoms with Crippen molar-refractivity contribution in [2.45, 2.75) is 58.7 Å². The fraction of sp³-hybridized carbons (Fsp3) is 0.588. The number of carbonyl (C=O) groups excluding carboxylic acids is 1. The molecule has 0 spiro atoms. The van der Waals surface area contributed by atoms with Gasteiger partial charge in [0.1, 0.15) is 22.9 Å². The molecule has 0 aliphatic carbocycles. The molecule has 2 aromatic heterocycles. The van der Waals surface area contributed by atoms with Crippen LogP contribution in [-0.4, -0.2) is 27.8 Å². The van der Waals surface area contributed by atoms with Gasteiger partial charge in [0.05, 0.1) is 19.7 Å². The first-order valence-corrected chi connectivity index (χ1v) is 8.35. The molecule has 1 N–H and O–H groups in total. The number of ether oxygens (including phenoxy) is 1. The molecule has 3 rings (SSSR count). The Balaban J connectivity index is 1.71. The number of esters is 1. The van der Waals surface area contributed by atoms with Crippen LogP contribution in [0.4, 0.5) is 0 Å². The van der Waals surface area contributed by atoms with Crippen molar-refractivity contribution in [2.75, 3.05) is 7.11 Å². The van der Waals surface area contributed by atoms with Gasteiger partial charge in [0.15, 0.2) is 5.82 Å². The van der Waals surface area contributed by atoms with E-state index in [9.17, 15) is 4.79 Å². The van der Waals surface area contributed by atoms with E-state index >= 15 is 0 Å². The molecule has 130 valence electrons. The number of hydrogen-bond acceptors (Lipinski definition) is 6. The maximum atomic E-state index is 11.7. The standard InChI is InChI=1S/C17H24N4O3/c1-10(2)15-19-16-14(6-5-7-21(16)20-15)18-9-12-8-13(11(3)24-12)17(22)23-4/h8,10,14,18H,5-7,9H2,1-4H3. The fourth-order valence-corrected chi connectivity index (χ4v) is 2.97. The Labute approximate surface area is 141 Å². The summed E-state index contributed by atoms with van der Waals surface area (Å²) in [5.74, 6) is 3.11. The van der Waals surface area contributed by atoms with Crippen molar-refractivity contribution in [3.63, 3.8) is 0 Å². The lowest BCUT2D eigenvalue weighted by atomic mass is 10.1.